The van der Waals surface area contributed by atoms with Gasteiger partial charge >= 0.3 is 0 Å². The summed E-state index contributed by atoms with van der Waals surface area (Å²) in [6.07, 6.45) is 45.3. The first-order valence-corrected chi connectivity index (χ1v) is 25.1. The fourth-order valence-corrected chi connectivity index (χ4v) is 9.48. The molecule has 6 aromatic rings. The van der Waals surface area contributed by atoms with E-state index < -0.39 is 0 Å². The smallest absolute Gasteiger partial charge is 0.0476 e. The second-order valence-electron chi connectivity index (χ2n) is 18.2. The van der Waals surface area contributed by atoms with E-state index in [0.717, 1.165) is 29.8 Å². The van der Waals surface area contributed by atoms with Crippen molar-refractivity contribution >= 4 is 45.9 Å². The zero-order valence-electron chi connectivity index (χ0n) is 41.5. The molecule has 9 rings (SSSR count). The molecule has 2 heteroatoms. The number of rotatable bonds is 13. The van der Waals surface area contributed by atoms with E-state index in [9.17, 15) is 0 Å². The summed E-state index contributed by atoms with van der Waals surface area (Å²) >= 11 is 0. The summed E-state index contributed by atoms with van der Waals surface area (Å²) in [7, 11) is 0. The highest BCUT2D eigenvalue weighted by atomic mass is 14.9. The normalized spacial score (nSPS) is 16.1. The molecule has 5 aromatic carbocycles. The average molecular weight is 903 g/mol. The Morgan fingerprint density at radius 3 is 2.20 bits per heavy atom. The van der Waals surface area contributed by atoms with Gasteiger partial charge in [0, 0.05) is 28.2 Å². The second-order valence-corrected chi connectivity index (χ2v) is 18.2. The van der Waals surface area contributed by atoms with Crippen molar-refractivity contribution in [2.45, 2.75) is 97.9 Å². The van der Waals surface area contributed by atoms with Gasteiger partial charge in [-0.25, -0.2) is 0 Å². The molecule has 0 spiro atoms. The maximum absolute atomic E-state index is 4.60. The minimum Gasteiger partial charge on any atom is -0.384 e. The predicted molar refractivity (Wildman–Crippen MR) is 303 cm³/mol. The summed E-state index contributed by atoms with van der Waals surface area (Å²) in [5.41, 5.74) is 19.5. The van der Waals surface area contributed by atoms with E-state index in [4.69, 9.17) is 0 Å². The van der Waals surface area contributed by atoms with Gasteiger partial charge < -0.3 is 10.3 Å². The van der Waals surface area contributed by atoms with E-state index in [1.807, 2.05) is 0 Å². The number of H-pyrrole nitrogens is 1. The van der Waals surface area contributed by atoms with Crippen molar-refractivity contribution in [3.63, 3.8) is 0 Å². The molecule has 1 aromatic heterocycles. The van der Waals surface area contributed by atoms with Crippen molar-refractivity contribution in [1.82, 2.24) is 10.3 Å². The lowest BCUT2D eigenvalue weighted by Crippen LogP contribution is -2.22. The number of terminal acetylenes is 1. The molecule has 0 amide bonds. The van der Waals surface area contributed by atoms with Gasteiger partial charge in [-0.1, -0.05) is 202 Å². The highest BCUT2D eigenvalue weighted by Gasteiger charge is 2.19. The van der Waals surface area contributed by atoms with Gasteiger partial charge in [0.25, 0.3) is 0 Å². The lowest BCUT2D eigenvalue weighted by molar-refractivity contribution is 0.706. The minimum absolute atomic E-state index is 0.274. The summed E-state index contributed by atoms with van der Waals surface area (Å²) in [5.74, 6) is 3.05. The fraction of sp³-hybridized carbons (Fsp3) is 0.224. The molecule has 2 N–H and O–H groups in total. The van der Waals surface area contributed by atoms with Crippen molar-refractivity contribution in [3.05, 3.63) is 238 Å². The number of hydrogen-bond acceptors (Lipinski definition) is 1. The van der Waals surface area contributed by atoms with Gasteiger partial charge in [0.2, 0.25) is 0 Å². The van der Waals surface area contributed by atoms with E-state index in [1.165, 1.54) is 111 Å². The summed E-state index contributed by atoms with van der Waals surface area (Å²) < 4.78 is 0. The summed E-state index contributed by atoms with van der Waals surface area (Å²) in [5, 5.41) is 4.81. The maximum atomic E-state index is 4.60. The monoisotopic (exact) mass is 903 g/mol. The number of hydrogen-bond donors (Lipinski definition) is 2. The lowest BCUT2D eigenvalue weighted by Gasteiger charge is -2.17. The molecule has 3 aliphatic rings. The maximum Gasteiger partial charge on any atom is 0.0476 e. The third-order valence-electron chi connectivity index (χ3n) is 13.3. The zero-order valence-corrected chi connectivity index (χ0v) is 41.5. The summed E-state index contributed by atoms with van der Waals surface area (Å²) in [6, 6.07) is 44.1. The molecule has 3 aliphatic carbocycles. The van der Waals surface area contributed by atoms with Crippen molar-refractivity contribution in [2.24, 2.45) is 0 Å². The van der Waals surface area contributed by atoms with Crippen molar-refractivity contribution in [1.29, 1.82) is 0 Å². The Kier molecular flexibility index (Phi) is 18.5. The number of aryl methyl sites for hydroxylation is 1. The Bertz CT molecular complexity index is 2940. The van der Waals surface area contributed by atoms with Gasteiger partial charge in [0.05, 0.1) is 0 Å². The van der Waals surface area contributed by atoms with Crippen molar-refractivity contribution in [2.75, 3.05) is 0 Å². The highest BCUT2D eigenvalue weighted by Crippen LogP contribution is 2.37. The topological polar surface area (TPSA) is 27.8 Å². The van der Waals surface area contributed by atoms with Gasteiger partial charge in [-0.05, 0) is 163 Å². The molecule has 1 heterocycles. The number of nitrogens with one attached hydrogen (secondary N) is 2. The largest absolute Gasteiger partial charge is 0.384 e. The Labute approximate surface area is 414 Å². The van der Waals surface area contributed by atoms with Crippen molar-refractivity contribution < 1.29 is 0 Å². The Morgan fingerprint density at radius 1 is 0.797 bits per heavy atom. The van der Waals surface area contributed by atoms with E-state index in [1.54, 1.807) is 12.5 Å². The molecule has 2 nitrogen and oxygen atoms in total. The number of fused-ring (bicyclic) bond motifs is 3. The molecule has 1 atom stereocenters. The van der Waals surface area contributed by atoms with E-state index >= 15 is 0 Å². The van der Waals surface area contributed by atoms with Crippen LogP contribution < -0.4 is 5.32 Å². The Hall–Kier alpha value is -7.34. The molecule has 0 aliphatic heterocycles. The average Bonchev–Trinajstić information content (AvgIpc) is 3.99. The van der Waals surface area contributed by atoms with Gasteiger partial charge in [-0.2, -0.15) is 0 Å². The van der Waals surface area contributed by atoms with Crippen LogP contribution in [0.15, 0.2) is 194 Å². The molecule has 0 saturated heterocycles. The van der Waals surface area contributed by atoms with Crippen LogP contribution in [0.25, 0.3) is 57.0 Å². The van der Waals surface area contributed by atoms with Gasteiger partial charge in [0.1, 0.15) is 0 Å². The number of allylic oxidation sites excluding steroid dienone is 12. The lowest BCUT2D eigenvalue weighted by atomic mass is 9.88. The van der Waals surface area contributed by atoms with Crippen LogP contribution in [0.5, 0.6) is 0 Å². The van der Waals surface area contributed by atoms with Gasteiger partial charge in [-0.15, -0.1) is 12.3 Å². The summed E-state index contributed by atoms with van der Waals surface area (Å²) in [4.78, 5) is 3.59. The standard InChI is InChI=1S/C43H36N2.C21H30.C3H4/c1-4-11-33(12-5-1)36-22-19-32(20-23-36)18-21-35(38-26-29-43-41(31-38)40-16-8-3-9-17-42(40)45-43)15-10-30-44-39-27-24-37(25-28-39)34-13-6-2-7-14-34;1-5-9-16(3)17(4)21-15-20(18-11-7-8-12-18)14-13-19(21)10-6-2;1-3-2/h1-2,4-27,29-31,39,44-45H,3,28H2;5,9,13-15,18H,6-8,10-12H2,1-4H3;1H,2H3/b21-18-,30-10+,35-15+;9-5-,17-16+;. The quantitative estimate of drug-likeness (QED) is 0.0877. The Morgan fingerprint density at radius 2 is 1.51 bits per heavy atom. The van der Waals surface area contributed by atoms with Crippen LogP contribution in [0.4, 0.5) is 0 Å². The predicted octanol–water partition coefficient (Wildman–Crippen LogP) is 18.2. The van der Waals surface area contributed by atoms with Crippen LogP contribution in [0, 0.1) is 12.3 Å². The molecule has 0 radical (unpaired) electrons. The van der Waals surface area contributed by atoms with E-state index in [-0.39, 0.29) is 6.04 Å². The van der Waals surface area contributed by atoms with Crippen LogP contribution in [-0.2, 0) is 6.42 Å². The minimum atomic E-state index is 0.274. The second kappa shape index (κ2) is 25.7. The molecule has 1 unspecified atom stereocenters. The molecule has 69 heavy (non-hydrogen) atoms. The molecule has 348 valence electrons. The molecular weight excluding hydrogens is 833 g/mol. The Balaban J connectivity index is 0.000000245. The fourth-order valence-electron chi connectivity index (χ4n) is 9.48. The van der Waals surface area contributed by atoms with Crippen LogP contribution in [0.1, 0.15) is 130 Å². The van der Waals surface area contributed by atoms with Crippen LogP contribution in [0.3, 0.4) is 0 Å². The van der Waals surface area contributed by atoms with Crippen LogP contribution in [0.2, 0.25) is 0 Å². The molecular formula is C67H70N2. The SMILES string of the molecule is C#CC.C/C=C\C(C)=C(/C)c1cc(C2CCCC2)ccc1CCC.C1=Cc2[nH]c3ccc(C(/C=C\c4ccc(-c5ccccc5)cc4)=C/C=C/NC4C=CC(c5ccccc5)=CC4)cc3c2C=CC1. The van der Waals surface area contributed by atoms with Gasteiger partial charge in [-0.3, -0.25) is 0 Å². The van der Waals surface area contributed by atoms with Gasteiger partial charge in [0.15, 0.2) is 0 Å². The van der Waals surface area contributed by atoms with E-state index in [2.05, 4.69) is 257 Å². The molecule has 1 saturated carbocycles. The molecule has 1 fully saturated rings. The third-order valence-corrected chi connectivity index (χ3v) is 13.3. The van der Waals surface area contributed by atoms with E-state index in [0.29, 0.717) is 0 Å². The first-order valence-electron chi connectivity index (χ1n) is 25.1. The van der Waals surface area contributed by atoms with Crippen molar-refractivity contribution in [3.8, 4) is 23.5 Å². The van der Waals surface area contributed by atoms with Crippen LogP contribution >= 0.6 is 0 Å². The molecule has 0 bridgehead atoms. The van der Waals surface area contributed by atoms with Crippen LogP contribution in [-0.4, -0.2) is 11.0 Å². The third kappa shape index (κ3) is 13.6. The highest BCUT2D eigenvalue weighted by molar-refractivity contribution is 5.96. The number of aromatic amines is 1. The first-order chi connectivity index (χ1) is 33.9. The number of aromatic nitrogens is 1. The summed E-state index contributed by atoms with van der Waals surface area (Å²) in [6.45, 7) is 10.5. The first kappa shape index (κ1) is 49.6. The number of benzene rings is 5. The zero-order chi connectivity index (χ0) is 48.2.